The first kappa shape index (κ1) is 14.1. The highest BCUT2D eigenvalue weighted by Gasteiger charge is 2.12. The van der Waals surface area contributed by atoms with Crippen LogP contribution in [0.4, 0.5) is 5.69 Å². The Morgan fingerprint density at radius 1 is 1.41 bits per heavy atom. The van der Waals surface area contributed by atoms with Crippen LogP contribution < -0.4 is 11.1 Å². The lowest BCUT2D eigenvalue weighted by Crippen LogP contribution is -2.36. The van der Waals surface area contributed by atoms with Crippen LogP contribution in [0.25, 0.3) is 0 Å². The van der Waals surface area contributed by atoms with Gasteiger partial charge in [-0.3, -0.25) is 4.79 Å². The summed E-state index contributed by atoms with van der Waals surface area (Å²) in [6.07, 6.45) is 3.72. The van der Waals surface area contributed by atoms with Gasteiger partial charge in [0.1, 0.15) is 0 Å². The maximum absolute atomic E-state index is 11.7. The van der Waals surface area contributed by atoms with E-state index in [1.165, 1.54) is 5.56 Å². The van der Waals surface area contributed by atoms with E-state index in [4.69, 9.17) is 5.73 Å². The third-order valence-corrected chi connectivity index (χ3v) is 3.24. The molecule has 3 nitrogen and oxygen atoms in total. The molecule has 3 N–H and O–H groups in total. The fourth-order valence-corrected chi connectivity index (χ4v) is 1.92. The number of nitrogens with one attached hydrogen (secondary N) is 1. The molecule has 1 amide bonds. The Balaban J connectivity index is 2.49. The van der Waals surface area contributed by atoms with Gasteiger partial charge in [-0.15, -0.1) is 0 Å². The molecule has 0 unspecified atom stereocenters. The second-order valence-corrected chi connectivity index (χ2v) is 4.91. The van der Waals surface area contributed by atoms with E-state index in [0.29, 0.717) is 6.42 Å². The summed E-state index contributed by atoms with van der Waals surface area (Å²) in [5.41, 5.74) is 7.85. The summed E-state index contributed by atoms with van der Waals surface area (Å²) in [4.78, 5) is 11.7. The summed E-state index contributed by atoms with van der Waals surface area (Å²) in [6.45, 7) is 2.10. The molecule has 0 bridgehead atoms. The summed E-state index contributed by atoms with van der Waals surface area (Å²) in [5, 5.41) is 2.83. The number of anilines is 1. The van der Waals surface area contributed by atoms with Crippen LogP contribution in [-0.4, -0.2) is 24.0 Å². The van der Waals surface area contributed by atoms with Crippen LogP contribution >= 0.6 is 11.8 Å². The lowest BCUT2D eigenvalue weighted by atomic mass is 10.1. The molecule has 0 saturated heterocycles. The Morgan fingerprint density at radius 3 is 2.59 bits per heavy atom. The number of amides is 1. The van der Waals surface area contributed by atoms with E-state index in [2.05, 4.69) is 12.2 Å². The van der Waals surface area contributed by atoms with E-state index in [9.17, 15) is 4.79 Å². The van der Waals surface area contributed by atoms with Gasteiger partial charge in [-0.25, -0.2) is 0 Å². The Labute approximate surface area is 107 Å². The summed E-state index contributed by atoms with van der Waals surface area (Å²) in [5.74, 6) is 0.798. The zero-order valence-electron chi connectivity index (χ0n) is 10.4. The molecule has 0 aliphatic heterocycles. The van der Waals surface area contributed by atoms with Crippen molar-refractivity contribution in [2.24, 2.45) is 5.73 Å². The molecule has 0 radical (unpaired) electrons. The third-order valence-electron chi connectivity index (χ3n) is 2.60. The second-order valence-electron chi connectivity index (χ2n) is 3.93. The lowest BCUT2D eigenvalue weighted by molar-refractivity contribution is -0.117. The van der Waals surface area contributed by atoms with Gasteiger partial charge in [-0.05, 0) is 42.5 Å². The number of thioether (sulfide) groups is 1. The fourth-order valence-electron chi connectivity index (χ4n) is 1.43. The van der Waals surface area contributed by atoms with Crippen molar-refractivity contribution in [3.8, 4) is 0 Å². The SMILES string of the molecule is CCc1ccc(NC(=O)[C@@H](N)CCSC)cc1. The highest BCUT2D eigenvalue weighted by molar-refractivity contribution is 7.98. The minimum absolute atomic E-state index is 0.108. The maximum Gasteiger partial charge on any atom is 0.241 e. The molecule has 0 spiro atoms. The average Bonchev–Trinajstić information content (AvgIpc) is 2.36. The van der Waals surface area contributed by atoms with E-state index in [-0.39, 0.29) is 5.91 Å². The number of carbonyl (C=O) groups is 1. The number of nitrogens with two attached hydrogens (primary N) is 1. The number of hydrogen-bond acceptors (Lipinski definition) is 3. The van der Waals surface area contributed by atoms with Crippen LogP contribution in [0.2, 0.25) is 0 Å². The topological polar surface area (TPSA) is 55.1 Å². The Bertz CT molecular complexity index is 351. The zero-order valence-corrected chi connectivity index (χ0v) is 11.2. The van der Waals surface area contributed by atoms with E-state index in [1.807, 2.05) is 30.5 Å². The summed E-state index contributed by atoms with van der Waals surface area (Å²) in [7, 11) is 0. The van der Waals surface area contributed by atoms with Crippen molar-refractivity contribution >= 4 is 23.4 Å². The monoisotopic (exact) mass is 252 g/mol. The van der Waals surface area contributed by atoms with Crippen molar-refractivity contribution in [3.63, 3.8) is 0 Å². The number of rotatable bonds is 6. The quantitative estimate of drug-likeness (QED) is 0.816. The highest BCUT2D eigenvalue weighted by Crippen LogP contribution is 2.10. The number of benzene rings is 1. The second kappa shape index (κ2) is 7.35. The predicted octanol–water partition coefficient (Wildman–Crippen LogP) is 2.27. The predicted molar refractivity (Wildman–Crippen MR) is 75.4 cm³/mol. The van der Waals surface area contributed by atoms with Crippen LogP contribution in [0.5, 0.6) is 0 Å². The van der Waals surface area contributed by atoms with Crippen molar-refractivity contribution in [2.75, 3.05) is 17.3 Å². The first-order valence-electron chi connectivity index (χ1n) is 5.81. The van der Waals surface area contributed by atoms with E-state index in [0.717, 1.165) is 17.9 Å². The maximum atomic E-state index is 11.7. The Hall–Kier alpha value is -1.00. The van der Waals surface area contributed by atoms with Crippen LogP contribution in [0.3, 0.4) is 0 Å². The molecule has 0 heterocycles. The Kier molecular flexibility index (Phi) is 6.08. The molecule has 0 aliphatic carbocycles. The van der Waals surface area contributed by atoms with E-state index < -0.39 is 6.04 Å². The molecule has 1 atom stereocenters. The highest BCUT2D eigenvalue weighted by atomic mass is 32.2. The summed E-state index contributed by atoms with van der Waals surface area (Å²) in [6, 6.07) is 7.44. The summed E-state index contributed by atoms with van der Waals surface area (Å²) < 4.78 is 0. The fraction of sp³-hybridized carbons (Fsp3) is 0.462. The van der Waals surface area contributed by atoms with Crippen molar-refractivity contribution in [3.05, 3.63) is 29.8 Å². The molecule has 94 valence electrons. The molecule has 0 aliphatic rings. The zero-order chi connectivity index (χ0) is 12.7. The molecule has 0 saturated carbocycles. The molecule has 1 aromatic rings. The number of aryl methyl sites for hydroxylation is 1. The van der Waals surface area contributed by atoms with Gasteiger partial charge in [0.25, 0.3) is 0 Å². The molecule has 1 rings (SSSR count). The third kappa shape index (κ3) is 4.79. The molecule has 17 heavy (non-hydrogen) atoms. The number of carbonyl (C=O) groups excluding carboxylic acids is 1. The van der Waals surface area contributed by atoms with Gasteiger partial charge in [0.05, 0.1) is 6.04 Å². The van der Waals surface area contributed by atoms with E-state index >= 15 is 0 Å². The van der Waals surface area contributed by atoms with Crippen molar-refractivity contribution in [2.45, 2.75) is 25.8 Å². The first-order valence-corrected chi connectivity index (χ1v) is 7.21. The largest absolute Gasteiger partial charge is 0.325 e. The minimum atomic E-state index is -0.423. The van der Waals surface area contributed by atoms with Crippen molar-refractivity contribution in [1.82, 2.24) is 0 Å². The molecule has 0 aromatic heterocycles. The molecular weight excluding hydrogens is 232 g/mol. The number of hydrogen-bond donors (Lipinski definition) is 2. The minimum Gasteiger partial charge on any atom is -0.325 e. The lowest BCUT2D eigenvalue weighted by Gasteiger charge is -2.11. The van der Waals surface area contributed by atoms with Crippen molar-refractivity contribution in [1.29, 1.82) is 0 Å². The van der Waals surface area contributed by atoms with Gasteiger partial charge in [0.15, 0.2) is 0 Å². The van der Waals surface area contributed by atoms with Crippen LogP contribution in [0, 0.1) is 0 Å². The summed E-state index contributed by atoms with van der Waals surface area (Å²) >= 11 is 1.70. The van der Waals surface area contributed by atoms with Gasteiger partial charge in [0.2, 0.25) is 5.91 Å². The van der Waals surface area contributed by atoms with Gasteiger partial charge in [-0.1, -0.05) is 19.1 Å². The molecule has 0 fully saturated rings. The standard InChI is InChI=1S/C13H20N2OS/c1-3-10-4-6-11(7-5-10)15-13(16)12(14)8-9-17-2/h4-7,12H,3,8-9,14H2,1-2H3,(H,15,16)/t12-/m0/s1. The van der Waals surface area contributed by atoms with Crippen molar-refractivity contribution < 1.29 is 4.79 Å². The molecular formula is C13H20N2OS. The van der Waals surface area contributed by atoms with Crippen LogP contribution in [-0.2, 0) is 11.2 Å². The smallest absolute Gasteiger partial charge is 0.241 e. The first-order chi connectivity index (χ1) is 8.17. The van der Waals surface area contributed by atoms with Gasteiger partial charge in [-0.2, -0.15) is 11.8 Å². The normalized spacial score (nSPS) is 12.2. The Morgan fingerprint density at radius 2 is 2.06 bits per heavy atom. The average molecular weight is 252 g/mol. The van der Waals surface area contributed by atoms with Crippen LogP contribution in [0.15, 0.2) is 24.3 Å². The van der Waals surface area contributed by atoms with E-state index in [1.54, 1.807) is 11.8 Å². The van der Waals surface area contributed by atoms with Gasteiger partial charge >= 0.3 is 0 Å². The molecule has 1 aromatic carbocycles. The molecule has 4 heteroatoms. The van der Waals surface area contributed by atoms with Gasteiger partial charge in [0, 0.05) is 5.69 Å². The van der Waals surface area contributed by atoms with Gasteiger partial charge < -0.3 is 11.1 Å². The van der Waals surface area contributed by atoms with Crippen LogP contribution in [0.1, 0.15) is 18.9 Å².